The number of aromatic nitrogens is 1. The number of piperidine rings is 3. The van der Waals surface area contributed by atoms with Crippen LogP contribution in [0.25, 0.3) is 43.6 Å². The Hall–Kier alpha value is -4.98. The summed E-state index contributed by atoms with van der Waals surface area (Å²) >= 11 is 6.22. The van der Waals surface area contributed by atoms with Crippen LogP contribution < -0.4 is 21.1 Å². The van der Waals surface area contributed by atoms with Gasteiger partial charge in [0.05, 0.1) is 18.7 Å². The van der Waals surface area contributed by atoms with Crippen LogP contribution in [0.4, 0.5) is 11.4 Å². The molecule has 5 atom stereocenters. The molecule has 4 N–H and O–H groups in total. The molecule has 0 radical (unpaired) electrons. The fourth-order valence-corrected chi connectivity index (χ4v) is 8.40. The molecule has 0 spiro atoms. The maximum absolute atomic E-state index is 6.79. The lowest BCUT2D eigenvalue weighted by Gasteiger charge is -2.52. The summed E-state index contributed by atoms with van der Waals surface area (Å²) in [6.45, 7) is 6.24. The Morgan fingerprint density at radius 3 is 2.44 bits per heavy atom. The summed E-state index contributed by atoms with van der Waals surface area (Å²) in [7, 11) is 1.71. The van der Waals surface area contributed by atoms with E-state index in [9.17, 15) is 0 Å². The maximum Gasteiger partial charge on any atom is 0.171 e. The standard InChI is InChI=1S/C41H39N5OS/c1-3-25-24-46-21-19-28(25)22-37(46)40(32-18-20-43-35-17-14-29(47-2)23-33(32)35)45-41(48)44-36-16-13-27-9-5-7-11-31(27)39(36)38-30-10-6-4-8-26(30)12-15-34(38)42/h3-18,20,23,25,28,37,40H,1,19,21-22,24,42H2,2H3,(H2,44,45,48)/t25-,28+,37?,40-/m1/s1. The lowest BCUT2D eigenvalue weighted by atomic mass is 9.73. The minimum absolute atomic E-state index is 0.0808. The van der Waals surface area contributed by atoms with Gasteiger partial charge in [-0.1, -0.05) is 66.7 Å². The van der Waals surface area contributed by atoms with Crippen molar-refractivity contribution < 1.29 is 4.74 Å². The van der Waals surface area contributed by atoms with Crippen LogP contribution in [0.2, 0.25) is 0 Å². The van der Waals surface area contributed by atoms with E-state index in [0.717, 1.165) is 85.8 Å². The third-order valence-corrected chi connectivity index (χ3v) is 10.8. The van der Waals surface area contributed by atoms with Crippen LogP contribution in [-0.2, 0) is 0 Å². The van der Waals surface area contributed by atoms with Gasteiger partial charge in [0, 0.05) is 46.7 Å². The van der Waals surface area contributed by atoms with Crippen molar-refractivity contribution in [2.75, 3.05) is 31.2 Å². The normalized spacial score (nSPS) is 20.9. The molecule has 0 aliphatic carbocycles. The third-order valence-electron chi connectivity index (χ3n) is 10.5. The number of hydrogen-bond acceptors (Lipinski definition) is 5. The number of fused-ring (bicyclic) bond motifs is 6. The predicted molar refractivity (Wildman–Crippen MR) is 203 cm³/mol. The van der Waals surface area contributed by atoms with Crippen LogP contribution >= 0.6 is 12.2 Å². The van der Waals surface area contributed by atoms with E-state index >= 15 is 0 Å². The molecule has 3 aliphatic heterocycles. The minimum atomic E-state index is -0.0808. The number of nitrogens with two attached hydrogens (primary N) is 1. The lowest BCUT2D eigenvalue weighted by Crippen LogP contribution is -2.57. The van der Waals surface area contributed by atoms with Crippen molar-refractivity contribution in [3.05, 3.63) is 121 Å². The van der Waals surface area contributed by atoms with E-state index in [1.54, 1.807) is 7.11 Å². The number of nitrogen functional groups attached to an aromatic ring is 1. The Kier molecular flexibility index (Phi) is 7.95. The molecule has 6 aromatic rings. The van der Waals surface area contributed by atoms with E-state index in [-0.39, 0.29) is 12.1 Å². The summed E-state index contributed by atoms with van der Waals surface area (Å²) in [6.07, 6.45) is 6.32. The molecular formula is C41H39N5OS. The van der Waals surface area contributed by atoms with Gasteiger partial charge in [-0.3, -0.25) is 9.88 Å². The van der Waals surface area contributed by atoms with E-state index in [1.807, 2.05) is 24.4 Å². The number of ether oxygens (including phenoxy) is 1. The van der Waals surface area contributed by atoms with Crippen LogP contribution in [0.3, 0.4) is 0 Å². The topological polar surface area (TPSA) is 75.4 Å². The van der Waals surface area contributed by atoms with Crippen molar-refractivity contribution in [1.82, 2.24) is 15.2 Å². The quantitative estimate of drug-likeness (QED) is 0.0907. The number of methoxy groups -OCH3 is 1. The zero-order valence-corrected chi connectivity index (χ0v) is 27.8. The molecule has 2 unspecified atom stereocenters. The Morgan fingerprint density at radius 2 is 1.71 bits per heavy atom. The highest BCUT2D eigenvalue weighted by Crippen LogP contribution is 2.44. The smallest absolute Gasteiger partial charge is 0.171 e. The monoisotopic (exact) mass is 649 g/mol. The first-order chi connectivity index (χ1) is 23.5. The molecule has 3 aliphatic rings. The molecule has 240 valence electrons. The number of nitrogens with one attached hydrogen (secondary N) is 2. The second-order valence-corrected chi connectivity index (χ2v) is 13.5. The average molecular weight is 650 g/mol. The van der Waals surface area contributed by atoms with Crippen LogP contribution in [0.15, 0.2) is 116 Å². The molecule has 7 heteroatoms. The maximum atomic E-state index is 6.79. The fourth-order valence-electron chi connectivity index (χ4n) is 8.16. The Balaban J connectivity index is 1.22. The Bertz CT molecular complexity index is 2200. The van der Waals surface area contributed by atoms with Crippen LogP contribution in [0, 0.1) is 11.8 Å². The second-order valence-electron chi connectivity index (χ2n) is 13.1. The molecule has 4 heterocycles. The van der Waals surface area contributed by atoms with Crippen molar-refractivity contribution in [3.63, 3.8) is 0 Å². The van der Waals surface area contributed by atoms with Crippen LogP contribution in [-0.4, -0.2) is 41.2 Å². The highest BCUT2D eigenvalue weighted by atomic mass is 32.1. The van der Waals surface area contributed by atoms with Gasteiger partial charge in [0.15, 0.2) is 5.11 Å². The van der Waals surface area contributed by atoms with Gasteiger partial charge in [0.25, 0.3) is 0 Å². The Morgan fingerprint density at radius 1 is 0.958 bits per heavy atom. The number of pyridine rings is 1. The van der Waals surface area contributed by atoms with Crippen molar-refractivity contribution in [1.29, 1.82) is 0 Å². The first-order valence-corrected chi connectivity index (χ1v) is 17.1. The average Bonchev–Trinajstić information content (AvgIpc) is 3.13. The molecule has 6 nitrogen and oxygen atoms in total. The summed E-state index contributed by atoms with van der Waals surface area (Å²) < 4.78 is 5.65. The molecule has 1 aromatic heterocycles. The molecule has 2 bridgehead atoms. The van der Waals surface area contributed by atoms with E-state index in [0.29, 0.717) is 16.9 Å². The van der Waals surface area contributed by atoms with Crippen molar-refractivity contribution in [2.45, 2.75) is 24.9 Å². The number of nitrogens with zero attached hydrogens (tertiary/aromatic N) is 2. The van der Waals surface area contributed by atoms with Gasteiger partial charge in [-0.25, -0.2) is 0 Å². The molecule has 9 rings (SSSR count). The van der Waals surface area contributed by atoms with E-state index in [1.165, 1.54) is 6.42 Å². The summed E-state index contributed by atoms with van der Waals surface area (Å²) in [6, 6.07) is 33.6. The summed E-state index contributed by atoms with van der Waals surface area (Å²) in [5.74, 6) is 1.93. The van der Waals surface area contributed by atoms with E-state index < -0.39 is 0 Å². The molecule has 0 amide bonds. The number of rotatable bonds is 7. The molecular weight excluding hydrogens is 611 g/mol. The van der Waals surface area contributed by atoms with Gasteiger partial charge >= 0.3 is 0 Å². The lowest BCUT2D eigenvalue weighted by molar-refractivity contribution is 0.00443. The molecule has 3 saturated heterocycles. The van der Waals surface area contributed by atoms with Gasteiger partial charge in [0.1, 0.15) is 5.75 Å². The van der Waals surface area contributed by atoms with Gasteiger partial charge in [0.2, 0.25) is 0 Å². The molecule has 0 saturated carbocycles. The number of thiocarbonyl (C=S) groups is 1. The van der Waals surface area contributed by atoms with Crippen molar-refractivity contribution >= 4 is 61.2 Å². The largest absolute Gasteiger partial charge is 0.497 e. The fraction of sp³-hybridized carbons (Fsp3) is 0.220. The summed E-state index contributed by atoms with van der Waals surface area (Å²) in [5.41, 5.74) is 12.6. The second kappa shape index (κ2) is 12.6. The van der Waals surface area contributed by atoms with Crippen LogP contribution in [0.5, 0.6) is 5.75 Å². The third kappa shape index (κ3) is 5.33. The van der Waals surface area contributed by atoms with Gasteiger partial charge < -0.3 is 21.1 Å². The molecule has 48 heavy (non-hydrogen) atoms. The highest BCUT2D eigenvalue weighted by molar-refractivity contribution is 7.80. The van der Waals surface area contributed by atoms with Crippen LogP contribution in [0.1, 0.15) is 24.4 Å². The zero-order chi connectivity index (χ0) is 32.8. The van der Waals surface area contributed by atoms with Crippen molar-refractivity contribution in [2.24, 2.45) is 11.8 Å². The Labute approximate surface area is 286 Å². The first kappa shape index (κ1) is 30.4. The number of benzene rings is 5. The minimum Gasteiger partial charge on any atom is -0.497 e. The van der Waals surface area contributed by atoms with Gasteiger partial charge in [-0.2, -0.15) is 0 Å². The highest BCUT2D eigenvalue weighted by Gasteiger charge is 2.43. The van der Waals surface area contributed by atoms with E-state index in [2.05, 4.69) is 107 Å². The van der Waals surface area contributed by atoms with Gasteiger partial charge in [-0.15, -0.1) is 6.58 Å². The number of anilines is 2. The summed E-state index contributed by atoms with van der Waals surface area (Å²) in [4.78, 5) is 7.32. The predicted octanol–water partition coefficient (Wildman–Crippen LogP) is 8.72. The number of hydrogen-bond donors (Lipinski definition) is 3. The zero-order valence-electron chi connectivity index (χ0n) is 27.0. The molecule has 3 fully saturated rings. The van der Waals surface area contributed by atoms with Crippen molar-refractivity contribution in [3.8, 4) is 16.9 Å². The molecule has 5 aromatic carbocycles. The summed E-state index contributed by atoms with van der Waals surface area (Å²) in [5, 5.41) is 13.6. The van der Waals surface area contributed by atoms with E-state index in [4.69, 9.17) is 27.7 Å². The first-order valence-electron chi connectivity index (χ1n) is 16.7. The SMILES string of the molecule is C=C[C@@H]1CN2CC[C@H]1CC2[C@H](NC(=S)Nc1ccc2ccccc2c1-c1c(N)ccc2ccccc12)c1ccnc2ccc(OC)cc12. The van der Waals surface area contributed by atoms with Gasteiger partial charge in [-0.05, 0) is 107 Å².